The lowest BCUT2D eigenvalue weighted by atomic mass is 9.96. The molecule has 2 aromatic rings. The molecule has 1 aliphatic heterocycles. The van der Waals surface area contributed by atoms with Gasteiger partial charge in [0, 0.05) is 18.8 Å². The van der Waals surface area contributed by atoms with Crippen LogP contribution in [0.2, 0.25) is 0 Å². The number of furan rings is 1. The molecular formula is C15H15NO. The van der Waals surface area contributed by atoms with Crippen LogP contribution in [0.5, 0.6) is 0 Å². The molecule has 0 bridgehead atoms. The highest BCUT2D eigenvalue weighted by Gasteiger charge is 2.23. The van der Waals surface area contributed by atoms with E-state index in [0.717, 1.165) is 12.2 Å². The SMILES string of the molecule is CN1C=Cc2occc2C1Cc1ccccc1. The van der Waals surface area contributed by atoms with Crippen LogP contribution in [-0.4, -0.2) is 11.9 Å². The maximum atomic E-state index is 5.46. The Bertz CT molecular complexity index is 527. The largest absolute Gasteiger partial charge is 0.465 e. The molecule has 0 saturated carbocycles. The second kappa shape index (κ2) is 4.13. The molecule has 1 aromatic carbocycles. The number of hydrogen-bond acceptors (Lipinski definition) is 2. The molecule has 2 heteroatoms. The minimum absolute atomic E-state index is 0.371. The molecule has 0 N–H and O–H groups in total. The lowest BCUT2D eigenvalue weighted by molar-refractivity contribution is 0.326. The highest BCUT2D eigenvalue weighted by molar-refractivity contribution is 5.51. The van der Waals surface area contributed by atoms with Crippen LogP contribution in [0.15, 0.2) is 53.3 Å². The van der Waals surface area contributed by atoms with Crippen molar-refractivity contribution in [3.63, 3.8) is 0 Å². The van der Waals surface area contributed by atoms with E-state index in [0.29, 0.717) is 6.04 Å². The number of nitrogens with zero attached hydrogens (tertiary/aromatic N) is 1. The van der Waals surface area contributed by atoms with Gasteiger partial charge < -0.3 is 9.32 Å². The standard InChI is InChI=1S/C15H15NO/c1-16-9-7-15-13(8-10-17-15)14(16)11-12-5-3-2-4-6-12/h2-10,14H,11H2,1H3. The van der Waals surface area contributed by atoms with E-state index in [1.54, 1.807) is 6.26 Å². The zero-order valence-corrected chi connectivity index (χ0v) is 9.84. The van der Waals surface area contributed by atoms with Crippen LogP contribution in [0.25, 0.3) is 6.08 Å². The average molecular weight is 225 g/mol. The van der Waals surface area contributed by atoms with Crippen LogP contribution in [0, 0.1) is 0 Å². The molecule has 17 heavy (non-hydrogen) atoms. The van der Waals surface area contributed by atoms with E-state index in [2.05, 4.69) is 54.5 Å². The summed E-state index contributed by atoms with van der Waals surface area (Å²) in [7, 11) is 2.11. The van der Waals surface area contributed by atoms with Crippen molar-refractivity contribution < 1.29 is 4.42 Å². The molecule has 0 radical (unpaired) electrons. The quantitative estimate of drug-likeness (QED) is 0.778. The third-order valence-corrected chi connectivity index (χ3v) is 3.31. The van der Waals surface area contributed by atoms with Crippen molar-refractivity contribution in [1.82, 2.24) is 4.90 Å². The molecule has 0 aliphatic carbocycles. The van der Waals surface area contributed by atoms with Gasteiger partial charge in [-0.2, -0.15) is 0 Å². The Hall–Kier alpha value is -1.96. The summed E-state index contributed by atoms with van der Waals surface area (Å²) in [6.45, 7) is 0. The third-order valence-electron chi connectivity index (χ3n) is 3.31. The second-order valence-corrected chi connectivity index (χ2v) is 4.43. The molecular weight excluding hydrogens is 210 g/mol. The number of hydrogen-bond donors (Lipinski definition) is 0. The van der Waals surface area contributed by atoms with Crippen molar-refractivity contribution in [3.05, 3.63) is 65.7 Å². The lowest BCUT2D eigenvalue weighted by Crippen LogP contribution is -2.23. The summed E-state index contributed by atoms with van der Waals surface area (Å²) in [5.41, 5.74) is 2.63. The second-order valence-electron chi connectivity index (χ2n) is 4.43. The smallest absolute Gasteiger partial charge is 0.133 e. The summed E-state index contributed by atoms with van der Waals surface area (Å²) in [5.74, 6) is 0.990. The minimum Gasteiger partial charge on any atom is -0.465 e. The normalized spacial score (nSPS) is 18.2. The molecule has 2 nitrogen and oxygen atoms in total. The Labute approximate surface area is 101 Å². The van der Waals surface area contributed by atoms with Crippen molar-refractivity contribution in [3.8, 4) is 0 Å². The monoisotopic (exact) mass is 225 g/mol. The number of likely N-dealkylation sites (N-methyl/N-ethyl adjacent to an activating group) is 1. The van der Waals surface area contributed by atoms with Gasteiger partial charge in [-0.1, -0.05) is 30.3 Å². The van der Waals surface area contributed by atoms with Crippen molar-refractivity contribution in [2.45, 2.75) is 12.5 Å². The van der Waals surface area contributed by atoms with E-state index in [9.17, 15) is 0 Å². The first-order valence-corrected chi connectivity index (χ1v) is 5.86. The molecule has 1 aromatic heterocycles. The molecule has 3 rings (SSSR count). The number of rotatable bonds is 2. The van der Waals surface area contributed by atoms with Gasteiger partial charge in [-0.05, 0) is 24.1 Å². The van der Waals surface area contributed by atoms with Crippen LogP contribution in [-0.2, 0) is 6.42 Å². The van der Waals surface area contributed by atoms with Gasteiger partial charge in [0.05, 0.1) is 12.3 Å². The van der Waals surface area contributed by atoms with E-state index >= 15 is 0 Å². The van der Waals surface area contributed by atoms with Crippen LogP contribution >= 0.6 is 0 Å². The van der Waals surface area contributed by atoms with Crippen molar-refractivity contribution >= 4 is 6.08 Å². The van der Waals surface area contributed by atoms with Crippen molar-refractivity contribution in [2.24, 2.45) is 0 Å². The summed E-state index contributed by atoms with van der Waals surface area (Å²) < 4.78 is 5.46. The lowest BCUT2D eigenvalue weighted by Gasteiger charge is -2.29. The molecule has 2 heterocycles. The summed E-state index contributed by atoms with van der Waals surface area (Å²) in [5, 5.41) is 0. The molecule has 1 atom stereocenters. The van der Waals surface area contributed by atoms with Crippen LogP contribution in [0.3, 0.4) is 0 Å². The maximum Gasteiger partial charge on any atom is 0.133 e. The fourth-order valence-corrected chi connectivity index (χ4v) is 2.34. The van der Waals surface area contributed by atoms with Gasteiger partial charge >= 0.3 is 0 Å². The van der Waals surface area contributed by atoms with E-state index < -0.39 is 0 Å². The van der Waals surface area contributed by atoms with Gasteiger partial charge in [0.1, 0.15) is 5.76 Å². The van der Waals surface area contributed by atoms with Crippen LogP contribution in [0.4, 0.5) is 0 Å². The summed E-state index contributed by atoms with van der Waals surface area (Å²) >= 11 is 0. The molecule has 0 spiro atoms. The van der Waals surface area contributed by atoms with Gasteiger partial charge in [-0.25, -0.2) is 0 Å². The predicted molar refractivity (Wildman–Crippen MR) is 68.4 cm³/mol. The van der Waals surface area contributed by atoms with Gasteiger partial charge in [-0.15, -0.1) is 0 Å². The Morgan fingerprint density at radius 1 is 1.18 bits per heavy atom. The van der Waals surface area contributed by atoms with Crippen LogP contribution < -0.4 is 0 Å². The molecule has 0 amide bonds. The van der Waals surface area contributed by atoms with Crippen molar-refractivity contribution in [1.29, 1.82) is 0 Å². The Kier molecular flexibility index (Phi) is 2.48. The van der Waals surface area contributed by atoms with Gasteiger partial charge in [0.2, 0.25) is 0 Å². The van der Waals surface area contributed by atoms with E-state index in [-0.39, 0.29) is 0 Å². The predicted octanol–water partition coefficient (Wildman–Crippen LogP) is 3.48. The summed E-state index contributed by atoms with van der Waals surface area (Å²) in [4.78, 5) is 2.24. The number of benzene rings is 1. The maximum absolute atomic E-state index is 5.46. The first-order valence-electron chi connectivity index (χ1n) is 5.86. The fraction of sp³-hybridized carbons (Fsp3) is 0.200. The Balaban J connectivity index is 1.91. The Morgan fingerprint density at radius 2 is 2.00 bits per heavy atom. The van der Waals surface area contributed by atoms with Gasteiger partial charge in [-0.3, -0.25) is 0 Å². The van der Waals surface area contributed by atoms with E-state index in [4.69, 9.17) is 4.42 Å². The number of fused-ring (bicyclic) bond motifs is 1. The van der Waals surface area contributed by atoms with E-state index in [1.165, 1.54) is 11.1 Å². The highest BCUT2D eigenvalue weighted by atomic mass is 16.3. The first kappa shape index (κ1) is 10.2. The van der Waals surface area contributed by atoms with Crippen molar-refractivity contribution in [2.75, 3.05) is 7.05 Å². The zero-order chi connectivity index (χ0) is 11.7. The summed E-state index contributed by atoms with van der Waals surface area (Å²) in [6.07, 6.45) is 6.89. The van der Waals surface area contributed by atoms with E-state index in [1.807, 2.05) is 6.08 Å². The van der Waals surface area contributed by atoms with Gasteiger partial charge in [0.15, 0.2) is 0 Å². The summed E-state index contributed by atoms with van der Waals surface area (Å²) in [6, 6.07) is 13.0. The van der Waals surface area contributed by atoms with Crippen LogP contribution in [0.1, 0.15) is 22.9 Å². The zero-order valence-electron chi connectivity index (χ0n) is 9.84. The minimum atomic E-state index is 0.371. The highest BCUT2D eigenvalue weighted by Crippen LogP contribution is 2.32. The topological polar surface area (TPSA) is 16.4 Å². The fourth-order valence-electron chi connectivity index (χ4n) is 2.34. The average Bonchev–Trinajstić information content (AvgIpc) is 2.83. The first-order chi connectivity index (χ1) is 8.34. The van der Waals surface area contributed by atoms with Gasteiger partial charge in [0.25, 0.3) is 0 Å². The third kappa shape index (κ3) is 1.86. The molecule has 1 aliphatic rings. The molecule has 1 unspecified atom stereocenters. The molecule has 0 fully saturated rings. The molecule has 86 valence electrons. The molecule has 0 saturated heterocycles. The Morgan fingerprint density at radius 3 is 2.82 bits per heavy atom.